The first kappa shape index (κ1) is 17.0. The van der Waals surface area contributed by atoms with Crippen LogP contribution in [-0.4, -0.2) is 35.7 Å². The Hall–Kier alpha value is -1.38. The zero-order chi connectivity index (χ0) is 16.4. The maximum atomic E-state index is 12.3. The molecular weight excluding hydrogens is 324 g/mol. The SMILES string of the molecule is C=CCNS(=O)(=O)c1cc(N2CCCCS2(=O)=O)ccc1C. The lowest BCUT2D eigenvalue weighted by atomic mass is 10.2. The van der Waals surface area contributed by atoms with Crippen molar-refractivity contribution in [2.45, 2.75) is 24.7 Å². The van der Waals surface area contributed by atoms with Gasteiger partial charge in [-0.1, -0.05) is 12.1 Å². The fraction of sp³-hybridized carbons (Fsp3) is 0.429. The van der Waals surface area contributed by atoms with E-state index in [1.165, 1.54) is 16.4 Å². The summed E-state index contributed by atoms with van der Waals surface area (Å²) in [5, 5.41) is 0. The van der Waals surface area contributed by atoms with E-state index in [2.05, 4.69) is 11.3 Å². The first-order valence-corrected chi connectivity index (χ1v) is 10.1. The number of benzene rings is 1. The van der Waals surface area contributed by atoms with E-state index in [1.54, 1.807) is 19.1 Å². The van der Waals surface area contributed by atoms with Crippen LogP contribution in [0, 0.1) is 6.92 Å². The van der Waals surface area contributed by atoms with Crippen molar-refractivity contribution >= 4 is 25.7 Å². The summed E-state index contributed by atoms with van der Waals surface area (Å²) < 4.78 is 52.6. The molecule has 0 unspecified atom stereocenters. The van der Waals surface area contributed by atoms with E-state index in [-0.39, 0.29) is 17.2 Å². The van der Waals surface area contributed by atoms with Gasteiger partial charge >= 0.3 is 0 Å². The summed E-state index contributed by atoms with van der Waals surface area (Å²) >= 11 is 0. The number of hydrogen-bond donors (Lipinski definition) is 1. The van der Waals surface area contributed by atoms with E-state index in [0.717, 1.165) is 6.42 Å². The molecule has 0 bridgehead atoms. The molecule has 22 heavy (non-hydrogen) atoms. The van der Waals surface area contributed by atoms with Crippen LogP contribution >= 0.6 is 0 Å². The van der Waals surface area contributed by atoms with Crippen LogP contribution in [0.15, 0.2) is 35.7 Å². The molecule has 1 fully saturated rings. The topological polar surface area (TPSA) is 83.6 Å². The van der Waals surface area contributed by atoms with Crippen molar-refractivity contribution in [1.82, 2.24) is 4.72 Å². The molecule has 1 saturated heterocycles. The second kappa shape index (κ2) is 6.39. The predicted octanol–water partition coefficient (Wildman–Crippen LogP) is 1.39. The van der Waals surface area contributed by atoms with E-state index in [0.29, 0.717) is 24.2 Å². The van der Waals surface area contributed by atoms with E-state index in [4.69, 9.17) is 0 Å². The molecule has 1 N–H and O–H groups in total. The van der Waals surface area contributed by atoms with Crippen LogP contribution in [0.25, 0.3) is 0 Å². The highest BCUT2D eigenvalue weighted by Gasteiger charge is 2.27. The molecule has 0 saturated carbocycles. The number of nitrogens with zero attached hydrogens (tertiary/aromatic N) is 1. The van der Waals surface area contributed by atoms with Crippen molar-refractivity contribution in [3.05, 3.63) is 36.4 Å². The number of anilines is 1. The highest BCUT2D eigenvalue weighted by atomic mass is 32.2. The van der Waals surface area contributed by atoms with Gasteiger partial charge in [-0.05, 0) is 37.5 Å². The Kier molecular flexibility index (Phi) is 4.93. The van der Waals surface area contributed by atoms with Gasteiger partial charge in [0.1, 0.15) is 0 Å². The summed E-state index contributed by atoms with van der Waals surface area (Å²) in [6, 6.07) is 4.69. The molecule has 0 atom stereocenters. The second-order valence-corrected chi connectivity index (χ2v) is 8.93. The van der Waals surface area contributed by atoms with E-state index in [9.17, 15) is 16.8 Å². The lowest BCUT2D eigenvalue weighted by molar-refractivity contribution is 0.573. The molecule has 1 aromatic carbocycles. The van der Waals surface area contributed by atoms with Crippen LogP contribution in [-0.2, 0) is 20.0 Å². The smallest absolute Gasteiger partial charge is 0.241 e. The van der Waals surface area contributed by atoms with Crippen LogP contribution in [0.4, 0.5) is 5.69 Å². The Morgan fingerprint density at radius 3 is 2.73 bits per heavy atom. The van der Waals surface area contributed by atoms with Crippen molar-refractivity contribution in [3.8, 4) is 0 Å². The molecule has 1 aliphatic heterocycles. The summed E-state index contributed by atoms with van der Waals surface area (Å²) in [5.74, 6) is 0.0949. The lowest BCUT2D eigenvalue weighted by Crippen LogP contribution is -2.38. The van der Waals surface area contributed by atoms with Crippen LogP contribution in [0.1, 0.15) is 18.4 Å². The van der Waals surface area contributed by atoms with Gasteiger partial charge in [-0.3, -0.25) is 4.31 Å². The van der Waals surface area contributed by atoms with Gasteiger partial charge in [0.05, 0.1) is 16.3 Å². The molecular formula is C14H20N2O4S2. The third-order valence-corrected chi connectivity index (χ3v) is 6.95. The molecule has 8 heteroatoms. The van der Waals surface area contributed by atoms with Crippen molar-refractivity contribution < 1.29 is 16.8 Å². The standard InChI is InChI=1S/C14H20N2O4S2/c1-3-8-15-22(19,20)14-11-13(7-6-12(14)2)16-9-4-5-10-21(16,17)18/h3,6-7,11,15H,1,4-5,8-10H2,2H3. The maximum Gasteiger partial charge on any atom is 0.241 e. The summed E-state index contributed by atoms with van der Waals surface area (Å²) in [7, 11) is -7.06. The Morgan fingerprint density at radius 1 is 1.36 bits per heavy atom. The van der Waals surface area contributed by atoms with Gasteiger partial charge in [0, 0.05) is 13.1 Å². The summed E-state index contributed by atoms with van der Waals surface area (Å²) in [5.41, 5.74) is 0.957. The number of hydrogen-bond acceptors (Lipinski definition) is 4. The minimum absolute atomic E-state index is 0.0904. The van der Waals surface area contributed by atoms with Crippen molar-refractivity contribution in [1.29, 1.82) is 0 Å². The van der Waals surface area contributed by atoms with Gasteiger partial charge in [0.2, 0.25) is 20.0 Å². The van der Waals surface area contributed by atoms with Crippen LogP contribution < -0.4 is 9.03 Å². The molecule has 0 aromatic heterocycles. The van der Waals surface area contributed by atoms with Gasteiger partial charge < -0.3 is 0 Å². The van der Waals surface area contributed by atoms with Crippen LogP contribution in [0.2, 0.25) is 0 Å². The number of nitrogens with one attached hydrogen (secondary N) is 1. The van der Waals surface area contributed by atoms with Crippen molar-refractivity contribution in [3.63, 3.8) is 0 Å². The van der Waals surface area contributed by atoms with Crippen LogP contribution in [0.5, 0.6) is 0 Å². The average Bonchev–Trinajstić information content (AvgIpc) is 2.45. The molecule has 6 nitrogen and oxygen atoms in total. The third-order valence-electron chi connectivity index (χ3n) is 3.52. The summed E-state index contributed by atoms with van der Waals surface area (Å²) in [6.07, 6.45) is 2.85. The quantitative estimate of drug-likeness (QED) is 0.818. The Bertz CT molecular complexity index is 770. The largest absolute Gasteiger partial charge is 0.270 e. The summed E-state index contributed by atoms with van der Waals surface area (Å²) in [6.45, 7) is 5.65. The highest BCUT2D eigenvalue weighted by molar-refractivity contribution is 7.92. The third kappa shape index (κ3) is 3.50. The molecule has 2 rings (SSSR count). The second-order valence-electron chi connectivity index (χ2n) is 5.19. The molecule has 0 aliphatic carbocycles. The van der Waals surface area contributed by atoms with Gasteiger partial charge in [0.25, 0.3) is 0 Å². The first-order chi connectivity index (χ1) is 10.3. The number of rotatable bonds is 5. The molecule has 1 aliphatic rings. The molecule has 0 amide bonds. The highest BCUT2D eigenvalue weighted by Crippen LogP contribution is 2.27. The predicted molar refractivity (Wildman–Crippen MR) is 86.9 cm³/mol. The van der Waals surface area contributed by atoms with Gasteiger partial charge in [0.15, 0.2) is 0 Å². The minimum Gasteiger partial charge on any atom is -0.270 e. The fourth-order valence-corrected chi connectivity index (χ4v) is 5.25. The van der Waals surface area contributed by atoms with Gasteiger partial charge in [-0.15, -0.1) is 6.58 Å². The van der Waals surface area contributed by atoms with Crippen molar-refractivity contribution in [2.75, 3.05) is 23.1 Å². The Morgan fingerprint density at radius 2 is 2.09 bits per heavy atom. The Labute approximate surface area is 131 Å². The Balaban J connectivity index is 2.45. The van der Waals surface area contributed by atoms with E-state index >= 15 is 0 Å². The average molecular weight is 344 g/mol. The molecule has 122 valence electrons. The zero-order valence-electron chi connectivity index (χ0n) is 12.4. The normalized spacial score (nSPS) is 18.1. The number of sulfonamides is 2. The van der Waals surface area contributed by atoms with Crippen LogP contribution in [0.3, 0.4) is 0 Å². The van der Waals surface area contributed by atoms with Crippen molar-refractivity contribution in [2.24, 2.45) is 0 Å². The molecule has 0 radical (unpaired) electrons. The van der Waals surface area contributed by atoms with Gasteiger partial charge in [-0.25, -0.2) is 21.6 Å². The summed E-state index contributed by atoms with van der Waals surface area (Å²) in [4.78, 5) is 0.0904. The fourth-order valence-electron chi connectivity index (χ4n) is 2.36. The van der Waals surface area contributed by atoms with E-state index in [1.807, 2.05) is 0 Å². The minimum atomic E-state index is -3.69. The molecule has 1 heterocycles. The van der Waals surface area contributed by atoms with Gasteiger partial charge in [-0.2, -0.15) is 0 Å². The first-order valence-electron chi connectivity index (χ1n) is 6.99. The lowest BCUT2D eigenvalue weighted by Gasteiger charge is -2.28. The molecule has 1 aromatic rings. The van der Waals surface area contributed by atoms with E-state index < -0.39 is 20.0 Å². The monoisotopic (exact) mass is 344 g/mol. The molecule has 0 spiro atoms. The maximum absolute atomic E-state index is 12.3. The zero-order valence-corrected chi connectivity index (χ0v) is 14.1. The number of aryl methyl sites for hydroxylation is 1.